The van der Waals surface area contributed by atoms with Gasteiger partial charge in [-0.15, -0.1) is 11.3 Å². The fourth-order valence-corrected chi connectivity index (χ4v) is 3.50. The van der Waals surface area contributed by atoms with Crippen LogP contribution in [0.3, 0.4) is 0 Å². The molecule has 1 fully saturated rings. The minimum Gasteiger partial charge on any atom is -0.346 e. The summed E-state index contributed by atoms with van der Waals surface area (Å²) in [4.78, 5) is 25.0. The van der Waals surface area contributed by atoms with Crippen LogP contribution in [0.2, 0.25) is 5.15 Å². The molecule has 8 heteroatoms. The zero-order chi connectivity index (χ0) is 16.2. The number of hydrogen-bond acceptors (Lipinski definition) is 5. The summed E-state index contributed by atoms with van der Waals surface area (Å²) in [5.74, 6) is 0. The molecular formula is C15H18ClN5OS. The van der Waals surface area contributed by atoms with E-state index >= 15 is 0 Å². The van der Waals surface area contributed by atoms with Crippen molar-refractivity contribution < 1.29 is 4.79 Å². The first-order chi connectivity index (χ1) is 11.1. The van der Waals surface area contributed by atoms with Crippen molar-refractivity contribution in [2.24, 2.45) is 0 Å². The molecule has 1 saturated heterocycles. The molecule has 0 spiro atoms. The number of halogens is 1. The van der Waals surface area contributed by atoms with E-state index in [0.29, 0.717) is 23.9 Å². The lowest BCUT2D eigenvalue weighted by Gasteiger charge is -2.22. The number of amides is 2. The number of anilines is 2. The van der Waals surface area contributed by atoms with Gasteiger partial charge in [0.15, 0.2) is 10.3 Å². The molecule has 3 rings (SSSR count). The number of urea groups is 1. The lowest BCUT2D eigenvalue weighted by molar-refractivity contribution is 0.215. The number of thiazole rings is 1. The lowest BCUT2D eigenvalue weighted by atomic mass is 10.4. The van der Waals surface area contributed by atoms with Gasteiger partial charge in [0, 0.05) is 37.8 Å². The van der Waals surface area contributed by atoms with E-state index in [2.05, 4.69) is 25.6 Å². The van der Waals surface area contributed by atoms with Gasteiger partial charge in [-0.2, -0.15) is 0 Å². The number of aromatic nitrogens is 2. The average Bonchev–Trinajstić information content (AvgIpc) is 2.83. The number of hydrogen-bond donors (Lipinski definition) is 1. The molecule has 2 aromatic heterocycles. The highest BCUT2D eigenvalue weighted by Crippen LogP contribution is 2.22. The molecule has 0 aromatic carbocycles. The van der Waals surface area contributed by atoms with Gasteiger partial charge in [0.25, 0.3) is 0 Å². The van der Waals surface area contributed by atoms with Crippen LogP contribution in [-0.2, 0) is 0 Å². The third kappa shape index (κ3) is 3.92. The molecule has 1 aliphatic rings. The summed E-state index contributed by atoms with van der Waals surface area (Å²) >= 11 is 7.64. The summed E-state index contributed by atoms with van der Waals surface area (Å²) in [5, 5.41) is 6.21. The zero-order valence-electron chi connectivity index (χ0n) is 12.8. The lowest BCUT2D eigenvalue weighted by Crippen LogP contribution is -2.38. The van der Waals surface area contributed by atoms with Crippen LogP contribution >= 0.6 is 22.9 Å². The highest BCUT2D eigenvalue weighted by atomic mass is 35.5. The number of aryl methyl sites for hydroxylation is 1. The summed E-state index contributed by atoms with van der Waals surface area (Å²) in [6.45, 7) is 5.05. The van der Waals surface area contributed by atoms with Gasteiger partial charge in [-0.05, 0) is 25.5 Å². The van der Waals surface area contributed by atoms with Gasteiger partial charge in [-0.1, -0.05) is 11.6 Å². The second-order valence-corrected chi connectivity index (χ2v) is 6.57. The first-order valence-corrected chi connectivity index (χ1v) is 8.73. The van der Waals surface area contributed by atoms with E-state index in [1.807, 2.05) is 11.8 Å². The quantitative estimate of drug-likeness (QED) is 0.844. The fourth-order valence-electron chi connectivity index (χ4n) is 2.47. The van der Waals surface area contributed by atoms with Crippen LogP contribution in [0, 0.1) is 6.92 Å². The van der Waals surface area contributed by atoms with Crippen LogP contribution in [0.4, 0.5) is 15.6 Å². The van der Waals surface area contributed by atoms with Gasteiger partial charge in [0.05, 0.1) is 11.4 Å². The maximum absolute atomic E-state index is 12.4. The van der Waals surface area contributed by atoms with Gasteiger partial charge in [0.1, 0.15) is 0 Å². The highest BCUT2D eigenvalue weighted by molar-refractivity contribution is 7.13. The van der Waals surface area contributed by atoms with Crippen LogP contribution in [0.5, 0.6) is 0 Å². The second kappa shape index (κ2) is 7.14. The Morgan fingerprint density at radius 3 is 2.96 bits per heavy atom. The topological polar surface area (TPSA) is 61.4 Å². The van der Waals surface area contributed by atoms with Crippen LogP contribution in [-0.4, -0.2) is 47.1 Å². The SMILES string of the molecule is Cc1csc(N2CCCN(C(=O)Nc3cccnc3Cl)CC2)n1. The molecule has 1 aliphatic heterocycles. The van der Waals surface area contributed by atoms with Crippen molar-refractivity contribution in [3.8, 4) is 0 Å². The van der Waals surface area contributed by atoms with Crippen molar-refractivity contribution in [2.75, 3.05) is 36.4 Å². The molecule has 23 heavy (non-hydrogen) atoms. The first-order valence-electron chi connectivity index (χ1n) is 7.47. The molecule has 6 nitrogen and oxygen atoms in total. The second-order valence-electron chi connectivity index (χ2n) is 5.37. The van der Waals surface area contributed by atoms with Crippen molar-refractivity contribution in [1.82, 2.24) is 14.9 Å². The monoisotopic (exact) mass is 351 g/mol. The van der Waals surface area contributed by atoms with Crippen molar-refractivity contribution >= 4 is 39.8 Å². The van der Waals surface area contributed by atoms with Crippen LogP contribution in [0.15, 0.2) is 23.7 Å². The Kier molecular flexibility index (Phi) is 4.97. The Hall–Kier alpha value is -1.86. The van der Waals surface area contributed by atoms with Crippen LogP contribution in [0.1, 0.15) is 12.1 Å². The molecule has 0 aliphatic carbocycles. The van der Waals surface area contributed by atoms with Crippen LogP contribution < -0.4 is 10.2 Å². The zero-order valence-corrected chi connectivity index (χ0v) is 14.4. The number of pyridine rings is 1. The third-order valence-electron chi connectivity index (χ3n) is 3.66. The molecule has 0 atom stereocenters. The minimum atomic E-state index is -0.142. The summed E-state index contributed by atoms with van der Waals surface area (Å²) in [6, 6.07) is 3.35. The Morgan fingerprint density at radius 2 is 2.22 bits per heavy atom. The largest absolute Gasteiger partial charge is 0.346 e. The van der Waals surface area contributed by atoms with Gasteiger partial charge < -0.3 is 15.1 Å². The predicted molar refractivity (Wildman–Crippen MR) is 93.5 cm³/mol. The molecular weight excluding hydrogens is 334 g/mol. The molecule has 122 valence electrons. The van der Waals surface area contributed by atoms with E-state index in [-0.39, 0.29) is 6.03 Å². The van der Waals surface area contributed by atoms with Crippen molar-refractivity contribution in [3.05, 3.63) is 34.6 Å². The Balaban J connectivity index is 1.61. The van der Waals surface area contributed by atoms with E-state index < -0.39 is 0 Å². The molecule has 2 aromatic rings. The van der Waals surface area contributed by atoms with Crippen molar-refractivity contribution in [2.45, 2.75) is 13.3 Å². The predicted octanol–water partition coefficient (Wildman–Crippen LogP) is 3.24. The van der Waals surface area contributed by atoms with Crippen molar-refractivity contribution in [3.63, 3.8) is 0 Å². The Morgan fingerprint density at radius 1 is 1.35 bits per heavy atom. The number of rotatable bonds is 2. The molecule has 2 amide bonds. The van der Waals surface area contributed by atoms with E-state index in [1.54, 1.807) is 29.7 Å². The first kappa shape index (κ1) is 16.0. The Bertz CT molecular complexity index is 692. The molecule has 0 bridgehead atoms. The number of nitrogens with zero attached hydrogens (tertiary/aromatic N) is 4. The van der Waals surface area contributed by atoms with E-state index in [1.165, 1.54) is 0 Å². The van der Waals surface area contributed by atoms with E-state index in [9.17, 15) is 4.79 Å². The minimum absolute atomic E-state index is 0.142. The molecule has 0 radical (unpaired) electrons. The number of nitrogens with one attached hydrogen (secondary N) is 1. The Labute approximate surface area is 144 Å². The highest BCUT2D eigenvalue weighted by Gasteiger charge is 2.21. The number of carbonyl (C=O) groups is 1. The molecule has 0 saturated carbocycles. The van der Waals surface area contributed by atoms with Gasteiger partial charge in [0.2, 0.25) is 0 Å². The normalized spacial score (nSPS) is 15.4. The molecule has 1 N–H and O–H groups in total. The summed E-state index contributed by atoms with van der Waals surface area (Å²) in [5.41, 5.74) is 1.57. The van der Waals surface area contributed by atoms with Gasteiger partial charge in [-0.3, -0.25) is 0 Å². The van der Waals surface area contributed by atoms with Crippen LogP contribution in [0.25, 0.3) is 0 Å². The maximum Gasteiger partial charge on any atom is 0.321 e. The fraction of sp³-hybridized carbons (Fsp3) is 0.400. The standard InChI is InChI=1S/C15H18ClN5OS/c1-11-10-23-15(18-11)21-7-3-6-20(8-9-21)14(22)19-12-4-2-5-17-13(12)16/h2,4-5,10H,3,6-9H2,1H3,(H,19,22). The van der Waals surface area contributed by atoms with Gasteiger partial charge in [-0.25, -0.2) is 14.8 Å². The molecule has 0 unspecified atom stereocenters. The van der Waals surface area contributed by atoms with E-state index in [4.69, 9.17) is 11.6 Å². The third-order valence-corrected chi connectivity index (χ3v) is 4.98. The van der Waals surface area contributed by atoms with Gasteiger partial charge >= 0.3 is 6.03 Å². The summed E-state index contributed by atoms with van der Waals surface area (Å²) in [7, 11) is 0. The average molecular weight is 352 g/mol. The maximum atomic E-state index is 12.4. The summed E-state index contributed by atoms with van der Waals surface area (Å²) in [6.07, 6.45) is 2.50. The smallest absolute Gasteiger partial charge is 0.321 e. The molecule has 3 heterocycles. The summed E-state index contributed by atoms with van der Waals surface area (Å²) < 4.78 is 0. The number of carbonyl (C=O) groups excluding carboxylic acids is 1. The van der Waals surface area contributed by atoms with E-state index in [0.717, 1.165) is 30.3 Å². The van der Waals surface area contributed by atoms with Crippen molar-refractivity contribution in [1.29, 1.82) is 0 Å².